The van der Waals surface area contributed by atoms with E-state index in [0.29, 0.717) is 50.8 Å². The van der Waals surface area contributed by atoms with Crippen molar-refractivity contribution >= 4 is 17.5 Å². The molecule has 2 atom stereocenters. The first-order chi connectivity index (χ1) is 15.6. The molecule has 2 fully saturated rings. The summed E-state index contributed by atoms with van der Waals surface area (Å²) in [6, 6.07) is 10.2. The van der Waals surface area contributed by atoms with Crippen molar-refractivity contribution in [1.82, 2.24) is 15.5 Å². The number of anilines is 1. The van der Waals surface area contributed by atoms with E-state index in [1.165, 1.54) is 6.07 Å². The van der Waals surface area contributed by atoms with E-state index in [0.717, 1.165) is 12.8 Å². The van der Waals surface area contributed by atoms with Gasteiger partial charge in [-0.2, -0.15) is 0 Å². The zero-order valence-corrected chi connectivity index (χ0v) is 18.0. The van der Waals surface area contributed by atoms with Gasteiger partial charge in [-0.25, -0.2) is 4.39 Å². The molecule has 3 heterocycles. The molecule has 2 saturated heterocycles. The Morgan fingerprint density at radius 2 is 1.84 bits per heavy atom. The molecule has 0 aliphatic carbocycles. The maximum absolute atomic E-state index is 14.1. The number of nitrogens with zero attached hydrogens (tertiary/aromatic N) is 2. The third kappa shape index (κ3) is 5.46. The SMILES string of the molecule is O=C(NC[C@H]1CCCO1)C(=O)NC[C@H](c1ccco1)N1CCN(c2ccccc2F)CC1. The van der Waals surface area contributed by atoms with Crippen molar-refractivity contribution < 1.29 is 23.1 Å². The van der Waals surface area contributed by atoms with Crippen LogP contribution in [0.15, 0.2) is 47.1 Å². The van der Waals surface area contributed by atoms with E-state index in [2.05, 4.69) is 15.5 Å². The van der Waals surface area contributed by atoms with Crippen molar-refractivity contribution in [3.05, 3.63) is 54.2 Å². The molecule has 2 aromatic rings. The molecule has 0 spiro atoms. The summed E-state index contributed by atoms with van der Waals surface area (Å²) in [4.78, 5) is 28.7. The van der Waals surface area contributed by atoms with Crippen LogP contribution in [0.1, 0.15) is 24.6 Å². The minimum atomic E-state index is -0.676. The number of halogens is 1. The van der Waals surface area contributed by atoms with Gasteiger partial charge in [0, 0.05) is 45.9 Å². The Morgan fingerprint density at radius 3 is 2.53 bits per heavy atom. The molecule has 2 amide bonds. The summed E-state index contributed by atoms with van der Waals surface area (Å²) in [6.45, 7) is 3.90. The maximum atomic E-state index is 14.1. The zero-order valence-electron chi connectivity index (χ0n) is 18.0. The number of nitrogens with one attached hydrogen (secondary N) is 2. The summed E-state index contributed by atoms with van der Waals surface area (Å²) >= 11 is 0. The van der Waals surface area contributed by atoms with Gasteiger partial charge in [0.25, 0.3) is 0 Å². The standard InChI is InChI=1S/C23H29FN4O4/c24-18-6-1-2-7-19(18)27-9-11-28(12-10-27)20(21-8-4-14-32-21)16-26-23(30)22(29)25-15-17-5-3-13-31-17/h1-2,4,6-8,14,17,20H,3,5,9-13,15-16H2,(H,25,29)(H,26,30)/t17-,20-/m1/s1. The van der Waals surface area contributed by atoms with Crippen LogP contribution in [0.4, 0.5) is 10.1 Å². The molecule has 0 unspecified atom stereocenters. The number of hydrogen-bond acceptors (Lipinski definition) is 6. The number of furan rings is 1. The van der Waals surface area contributed by atoms with Gasteiger partial charge in [0.1, 0.15) is 11.6 Å². The number of amides is 2. The van der Waals surface area contributed by atoms with Gasteiger partial charge in [-0.1, -0.05) is 12.1 Å². The number of para-hydroxylation sites is 1. The largest absolute Gasteiger partial charge is 0.468 e. The minimum absolute atomic E-state index is 0.0200. The maximum Gasteiger partial charge on any atom is 0.309 e. The normalized spacial score (nSPS) is 20.2. The minimum Gasteiger partial charge on any atom is -0.468 e. The highest BCUT2D eigenvalue weighted by Crippen LogP contribution is 2.25. The van der Waals surface area contributed by atoms with Crippen LogP contribution in [-0.2, 0) is 14.3 Å². The van der Waals surface area contributed by atoms with Gasteiger partial charge in [0.2, 0.25) is 0 Å². The van der Waals surface area contributed by atoms with E-state index in [4.69, 9.17) is 9.15 Å². The highest BCUT2D eigenvalue weighted by atomic mass is 19.1. The van der Waals surface area contributed by atoms with Crippen LogP contribution in [0.5, 0.6) is 0 Å². The van der Waals surface area contributed by atoms with Crippen LogP contribution >= 0.6 is 0 Å². The Labute approximate surface area is 186 Å². The Bertz CT molecular complexity index is 893. The number of carbonyl (C=O) groups is 2. The average molecular weight is 445 g/mol. The Balaban J connectivity index is 1.31. The van der Waals surface area contributed by atoms with E-state index < -0.39 is 11.8 Å². The fourth-order valence-corrected chi connectivity index (χ4v) is 4.23. The van der Waals surface area contributed by atoms with Crippen LogP contribution in [0.25, 0.3) is 0 Å². The molecule has 172 valence electrons. The summed E-state index contributed by atoms with van der Waals surface area (Å²) in [6.07, 6.45) is 3.44. The molecule has 2 aliphatic heterocycles. The number of rotatable bonds is 7. The van der Waals surface area contributed by atoms with Crippen molar-refractivity contribution in [2.75, 3.05) is 50.8 Å². The topological polar surface area (TPSA) is 87.0 Å². The summed E-state index contributed by atoms with van der Waals surface area (Å²) in [5, 5.41) is 5.36. The van der Waals surface area contributed by atoms with Crippen LogP contribution in [0, 0.1) is 5.82 Å². The second-order valence-electron chi connectivity index (χ2n) is 8.06. The van der Waals surface area contributed by atoms with Gasteiger partial charge in [-0.05, 0) is 37.1 Å². The quantitative estimate of drug-likeness (QED) is 0.632. The van der Waals surface area contributed by atoms with Crippen molar-refractivity contribution in [2.45, 2.75) is 25.0 Å². The zero-order chi connectivity index (χ0) is 22.3. The van der Waals surface area contributed by atoms with E-state index in [-0.39, 0.29) is 24.5 Å². The van der Waals surface area contributed by atoms with Crippen molar-refractivity contribution in [2.24, 2.45) is 0 Å². The predicted molar refractivity (Wildman–Crippen MR) is 117 cm³/mol. The summed E-state index contributed by atoms with van der Waals surface area (Å²) in [5.74, 6) is -0.859. The number of piperazine rings is 1. The van der Waals surface area contributed by atoms with Crippen LogP contribution < -0.4 is 15.5 Å². The fourth-order valence-electron chi connectivity index (χ4n) is 4.23. The number of hydrogen-bond donors (Lipinski definition) is 2. The molecule has 9 heteroatoms. The van der Waals surface area contributed by atoms with Gasteiger partial charge >= 0.3 is 11.8 Å². The lowest BCUT2D eigenvalue weighted by Crippen LogP contribution is -2.51. The molecule has 32 heavy (non-hydrogen) atoms. The fraction of sp³-hybridized carbons (Fsp3) is 0.478. The molecule has 2 N–H and O–H groups in total. The number of benzene rings is 1. The average Bonchev–Trinajstić information content (AvgIpc) is 3.53. The van der Waals surface area contributed by atoms with E-state index in [1.807, 2.05) is 17.0 Å². The molecule has 1 aromatic heterocycles. The first kappa shape index (κ1) is 22.3. The van der Waals surface area contributed by atoms with Gasteiger partial charge in [-0.15, -0.1) is 0 Å². The first-order valence-corrected chi connectivity index (χ1v) is 11.1. The third-order valence-corrected chi connectivity index (χ3v) is 6.00. The lowest BCUT2D eigenvalue weighted by atomic mass is 10.1. The molecule has 8 nitrogen and oxygen atoms in total. The van der Waals surface area contributed by atoms with E-state index >= 15 is 0 Å². The van der Waals surface area contributed by atoms with E-state index in [1.54, 1.807) is 24.5 Å². The monoisotopic (exact) mass is 444 g/mol. The molecular formula is C23H29FN4O4. The predicted octanol–water partition coefficient (Wildman–Crippen LogP) is 1.69. The molecule has 0 radical (unpaired) electrons. The van der Waals surface area contributed by atoms with E-state index in [9.17, 15) is 14.0 Å². The Kier molecular flexibility index (Phi) is 7.39. The summed E-state index contributed by atoms with van der Waals surface area (Å²) in [5.41, 5.74) is 0.595. The lowest BCUT2D eigenvalue weighted by Gasteiger charge is -2.39. The van der Waals surface area contributed by atoms with Gasteiger partial charge in [-0.3, -0.25) is 14.5 Å². The second-order valence-corrected chi connectivity index (χ2v) is 8.06. The van der Waals surface area contributed by atoms with Crippen LogP contribution in [-0.4, -0.2) is 68.7 Å². The molecule has 0 saturated carbocycles. The molecule has 2 aliphatic rings. The Hall–Kier alpha value is -2.91. The van der Waals surface area contributed by atoms with Gasteiger partial charge in [0.15, 0.2) is 0 Å². The molecule has 0 bridgehead atoms. The Morgan fingerprint density at radius 1 is 1.06 bits per heavy atom. The molecule has 4 rings (SSSR count). The highest BCUT2D eigenvalue weighted by molar-refractivity contribution is 6.35. The lowest BCUT2D eigenvalue weighted by molar-refractivity contribution is -0.139. The van der Waals surface area contributed by atoms with Crippen LogP contribution in [0.2, 0.25) is 0 Å². The van der Waals surface area contributed by atoms with Gasteiger partial charge < -0.3 is 24.7 Å². The number of carbonyl (C=O) groups excluding carboxylic acids is 2. The van der Waals surface area contributed by atoms with Crippen LogP contribution in [0.3, 0.4) is 0 Å². The summed E-state index contributed by atoms with van der Waals surface area (Å²) < 4.78 is 25.2. The highest BCUT2D eigenvalue weighted by Gasteiger charge is 2.29. The van der Waals surface area contributed by atoms with Crippen molar-refractivity contribution in [3.63, 3.8) is 0 Å². The smallest absolute Gasteiger partial charge is 0.309 e. The molecular weight excluding hydrogens is 415 g/mol. The second kappa shape index (κ2) is 10.6. The van der Waals surface area contributed by atoms with Crippen molar-refractivity contribution in [1.29, 1.82) is 0 Å². The van der Waals surface area contributed by atoms with Gasteiger partial charge in [0.05, 0.1) is 24.1 Å². The molecule has 1 aromatic carbocycles. The summed E-state index contributed by atoms with van der Waals surface area (Å²) in [7, 11) is 0. The first-order valence-electron chi connectivity index (χ1n) is 11.1. The number of ether oxygens (including phenoxy) is 1. The third-order valence-electron chi connectivity index (χ3n) is 6.00. The van der Waals surface area contributed by atoms with Crippen molar-refractivity contribution in [3.8, 4) is 0 Å².